The standard InChI is InChI=1S/C13H19NO2S2.C2H6/c1-10(9-16-11(2)15)17-18-13-6-4-12(5-7-13)8-14-3;1-2/h4-7,10,14H,8-9H2,1-3H3;1-2H3. The van der Waals surface area contributed by atoms with E-state index in [1.54, 1.807) is 21.6 Å². The van der Waals surface area contributed by atoms with Gasteiger partial charge in [-0.25, -0.2) is 0 Å². The summed E-state index contributed by atoms with van der Waals surface area (Å²) in [6.07, 6.45) is 0. The molecule has 114 valence electrons. The van der Waals surface area contributed by atoms with Crippen LogP contribution >= 0.6 is 21.6 Å². The molecular weight excluding hydrogens is 290 g/mol. The SMILES string of the molecule is CC.CNCc1ccc(SSC(C)COC(C)=O)cc1. The highest BCUT2D eigenvalue weighted by Crippen LogP contribution is 2.34. The van der Waals surface area contributed by atoms with Gasteiger partial charge in [-0.1, -0.05) is 47.6 Å². The predicted molar refractivity (Wildman–Crippen MR) is 90.1 cm³/mol. The molecular formula is C15H25NO2S2. The van der Waals surface area contributed by atoms with E-state index in [9.17, 15) is 4.79 Å². The van der Waals surface area contributed by atoms with Gasteiger partial charge in [-0.05, 0) is 31.7 Å². The molecule has 1 aromatic rings. The lowest BCUT2D eigenvalue weighted by Crippen LogP contribution is -2.09. The Morgan fingerprint density at radius 2 is 1.90 bits per heavy atom. The predicted octanol–water partition coefficient (Wildman–Crippen LogP) is 4.12. The fraction of sp³-hybridized carbons (Fsp3) is 0.533. The van der Waals surface area contributed by atoms with Crippen molar-refractivity contribution in [3.8, 4) is 0 Å². The number of carbonyl (C=O) groups excluding carboxylic acids is 1. The highest BCUT2D eigenvalue weighted by Gasteiger charge is 2.06. The molecule has 1 aromatic carbocycles. The molecule has 0 spiro atoms. The van der Waals surface area contributed by atoms with E-state index >= 15 is 0 Å². The summed E-state index contributed by atoms with van der Waals surface area (Å²) in [5, 5.41) is 3.41. The largest absolute Gasteiger partial charge is 0.465 e. The summed E-state index contributed by atoms with van der Waals surface area (Å²) in [6.45, 7) is 8.84. The van der Waals surface area contributed by atoms with Crippen LogP contribution in [0.5, 0.6) is 0 Å². The van der Waals surface area contributed by atoms with Gasteiger partial charge in [-0.15, -0.1) is 0 Å². The van der Waals surface area contributed by atoms with E-state index in [4.69, 9.17) is 4.74 Å². The smallest absolute Gasteiger partial charge is 0.302 e. The molecule has 5 heteroatoms. The van der Waals surface area contributed by atoms with E-state index in [0.717, 1.165) is 6.54 Å². The number of esters is 1. The Morgan fingerprint density at radius 3 is 2.40 bits per heavy atom. The van der Waals surface area contributed by atoms with Crippen molar-refractivity contribution in [3.05, 3.63) is 29.8 Å². The number of rotatable bonds is 7. The molecule has 0 aliphatic carbocycles. The van der Waals surface area contributed by atoms with Crippen LogP contribution in [0.2, 0.25) is 0 Å². The summed E-state index contributed by atoms with van der Waals surface area (Å²) in [4.78, 5) is 11.9. The lowest BCUT2D eigenvalue weighted by atomic mass is 10.2. The molecule has 0 aliphatic rings. The van der Waals surface area contributed by atoms with Crippen molar-refractivity contribution in [1.29, 1.82) is 0 Å². The fourth-order valence-corrected chi connectivity index (χ4v) is 3.24. The van der Waals surface area contributed by atoms with Gasteiger partial charge in [0.15, 0.2) is 0 Å². The van der Waals surface area contributed by atoms with E-state index in [1.807, 2.05) is 20.9 Å². The van der Waals surface area contributed by atoms with Crippen LogP contribution in [0.4, 0.5) is 0 Å². The van der Waals surface area contributed by atoms with Gasteiger partial charge in [0.1, 0.15) is 6.61 Å². The minimum absolute atomic E-state index is 0.219. The number of nitrogens with one attached hydrogen (secondary N) is 1. The second kappa shape index (κ2) is 12.1. The first-order chi connectivity index (χ1) is 9.61. The number of carbonyl (C=O) groups is 1. The van der Waals surface area contributed by atoms with Crippen LogP contribution < -0.4 is 5.32 Å². The van der Waals surface area contributed by atoms with Crippen molar-refractivity contribution in [2.75, 3.05) is 13.7 Å². The van der Waals surface area contributed by atoms with E-state index in [0.29, 0.717) is 6.61 Å². The Kier molecular flexibility index (Phi) is 11.7. The van der Waals surface area contributed by atoms with Gasteiger partial charge in [0.2, 0.25) is 0 Å². The third kappa shape index (κ3) is 9.28. The van der Waals surface area contributed by atoms with E-state index in [1.165, 1.54) is 17.4 Å². The fourth-order valence-electron chi connectivity index (χ4n) is 1.27. The maximum absolute atomic E-state index is 10.7. The van der Waals surface area contributed by atoms with Crippen LogP contribution in [0.1, 0.15) is 33.3 Å². The summed E-state index contributed by atoms with van der Waals surface area (Å²) in [7, 11) is 5.37. The van der Waals surface area contributed by atoms with Gasteiger partial charge >= 0.3 is 5.97 Å². The first-order valence-electron chi connectivity index (χ1n) is 6.82. The van der Waals surface area contributed by atoms with Crippen molar-refractivity contribution in [1.82, 2.24) is 5.32 Å². The highest BCUT2D eigenvalue weighted by molar-refractivity contribution is 8.76. The Hall–Kier alpha value is -0.650. The molecule has 1 unspecified atom stereocenters. The summed E-state index contributed by atoms with van der Waals surface area (Å²) in [5.41, 5.74) is 1.28. The maximum Gasteiger partial charge on any atom is 0.302 e. The molecule has 0 heterocycles. The molecule has 0 saturated carbocycles. The molecule has 1 atom stereocenters. The lowest BCUT2D eigenvalue weighted by Gasteiger charge is -2.10. The number of hydrogen-bond donors (Lipinski definition) is 1. The van der Waals surface area contributed by atoms with Crippen LogP contribution in [-0.4, -0.2) is 24.9 Å². The zero-order valence-corrected chi connectivity index (χ0v) is 14.6. The molecule has 20 heavy (non-hydrogen) atoms. The van der Waals surface area contributed by atoms with E-state index in [-0.39, 0.29) is 11.2 Å². The summed E-state index contributed by atoms with van der Waals surface area (Å²) >= 11 is 0. The molecule has 1 N–H and O–H groups in total. The normalized spacial score (nSPS) is 11.2. The van der Waals surface area contributed by atoms with Crippen LogP contribution in [-0.2, 0) is 16.1 Å². The molecule has 1 rings (SSSR count). The Morgan fingerprint density at radius 1 is 1.30 bits per heavy atom. The van der Waals surface area contributed by atoms with Crippen LogP contribution in [0.25, 0.3) is 0 Å². The first-order valence-corrected chi connectivity index (χ1v) is 9.03. The lowest BCUT2D eigenvalue weighted by molar-refractivity contribution is -0.140. The minimum atomic E-state index is -0.219. The molecule has 3 nitrogen and oxygen atoms in total. The Bertz CT molecular complexity index is 369. The quantitative estimate of drug-likeness (QED) is 0.605. The van der Waals surface area contributed by atoms with Crippen LogP contribution in [0, 0.1) is 0 Å². The molecule has 0 radical (unpaired) electrons. The molecule has 0 saturated heterocycles. The van der Waals surface area contributed by atoms with Gasteiger partial charge in [-0.3, -0.25) is 4.79 Å². The van der Waals surface area contributed by atoms with Crippen LogP contribution in [0.3, 0.4) is 0 Å². The van der Waals surface area contributed by atoms with Crippen molar-refractivity contribution in [2.24, 2.45) is 0 Å². The summed E-state index contributed by atoms with van der Waals surface area (Å²) in [6, 6.07) is 8.47. The maximum atomic E-state index is 10.7. The van der Waals surface area contributed by atoms with Gasteiger partial charge in [0.05, 0.1) is 0 Å². The van der Waals surface area contributed by atoms with Crippen molar-refractivity contribution < 1.29 is 9.53 Å². The van der Waals surface area contributed by atoms with E-state index < -0.39 is 0 Å². The van der Waals surface area contributed by atoms with Gasteiger partial charge in [0.25, 0.3) is 0 Å². The Labute approximate surface area is 130 Å². The van der Waals surface area contributed by atoms with Gasteiger partial charge in [0, 0.05) is 23.6 Å². The van der Waals surface area contributed by atoms with Crippen molar-refractivity contribution in [2.45, 2.75) is 44.4 Å². The molecule has 0 aromatic heterocycles. The first kappa shape index (κ1) is 19.4. The van der Waals surface area contributed by atoms with E-state index in [2.05, 4.69) is 36.5 Å². The summed E-state index contributed by atoms with van der Waals surface area (Å²) in [5.74, 6) is -0.219. The molecule has 0 aliphatic heterocycles. The third-order valence-corrected chi connectivity index (χ3v) is 5.01. The third-order valence-electron chi connectivity index (χ3n) is 2.13. The second-order valence-corrected chi connectivity index (χ2v) is 6.68. The monoisotopic (exact) mass is 315 g/mol. The topological polar surface area (TPSA) is 38.3 Å². The number of ether oxygens (including phenoxy) is 1. The average molecular weight is 316 g/mol. The number of hydrogen-bond acceptors (Lipinski definition) is 5. The van der Waals surface area contributed by atoms with Gasteiger partial charge in [-0.2, -0.15) is 0 Å². The minimum Gasteiger partial charge on any atom is -0.465 e. The zero-order chi connectivity index (χ0) is 15.4. The number of benzene rings is 1. The second-order valence-electron chi connectivity index (χ2n) is 3.97. The molecule has 0 bridgehead atoms. The summed E-state index contributed by atoms with van der Waals surface area (Å²) < 4.78 is 4.96. The van der Waals surface area contributed by atoms with Crippen molar-refractivity contribution in [3.63, 3.8) is 0 Å². The molecule has 0 amide bonds. The average Bonchev–Trinajstić information content (AvgIpc) is 2.47. The van der Waals surface area contributed by atoms with Gasteiger partial charge < -0.3 is 10.1 Å². The zero-order valence-electron chi connectivity index (χ0n) is 12.9. The Balaban J connectivity index is 0.00000172. The van der Waals surface area contributed by atoms with Crippen LogP contribution in [0.15, 0.2) is 29.2 Å². The van der Waals surface area contributed by atoms with Crippen molar-refractivity contribution >= 4 is 27.6 Å². The molecule has 0 fully saturated rings. The highest BCUT2D eigenvalue weighted by atomic mass is 33.1.